The zero-order valence-corrected chi connectivity index (χ0v) is 53.8. The maximum atomic E-state index is 9.67. The van der Waals surface area contributed by atoms with Gasteiger partial charge in [0.05, 0.1) is 10.8 Å². The Bertz CT molecular complexity index is 3890. The molecular formula is C80H76B2F8N4. The Balaban J connectivity index is 0.000000986. The van der Waals surface area contributed by atoms with Crippen LogP contribution in [0.15, 0.2) is 291 Å². The first-order valence-corrected chi connectivity index (χ1v) is 31.4. The number of para-hydroxylation sites is 4. The molecule has 478 valence electrons. The number of hydrogen-bond acceptors (Lipinski definition) is 2. The van der Waals surface area contributed by atoms with Crippen LogP contribution >= 0.6 is 0 Å². The van der Waals surface area contributed by atoms with Crippen molar-refractivity contribution >= 4 is 49.3 Å². The van der Waals surface area contributed by atoms with Crippen LogP contribution in [0.2, 0.25) is 0 Å². The highest BCUT2D eigenvalue weighted by molar-refractivity contribution is 6.33. The fourth-order valence-electron chi connectivity index (χ4n) is 15.5. The first kappa shape index (κ1) is 68.8. The Morgan fingerprint density at radius 1 is 0.340 bits per heavy atom. The van der Waals surface area contributed by atoms with Crippen molar-refractivity contribution in [1.82, 2.24) is 0 Å². The zero-order valence-electron chi connectivity index (χ0n) is 53.8. The monoisotopic (exact) mass is 1270 g/mol. The van der Waals surface area contributed by atoms with Gasteiger partial charge in [0.25, 0.3) is 0 Å². The number of halogens is 8. The van der Waals surface area contributed by atoms with Gasteiger partial charge >= 0.3 is 15.1 Å². The van der Waals surface area contributed by atoms with Crippen molar-refractivity contribution in [1.29, 1.82) is 0 Å². The summed E-state index contributed by atoms with van der Waals surface area (Å²) in [5.41, 5.74) is 22.7. The van der Waals surface area contributed by atoms with Crippen LogP contribution in [0.25, 0.3) is 0 Å². The molecule has 13 rings (SSSR count). The summed E-state index contributed by atoms with van der Waals surface area (Å²) in [7, 11) is 1.68. The van der Waals surface area contributed by atoms with E-state index in [9.17, 15) is 25.9 Å². The Hall–Kier alpha value is -9.55. The highest BCUT2D eigenvalue weighted by Gasteiger charge is 2.50. The predicted molar refractivity (Wildman–Crippen MR) is 369 cm³/mol. The zero-order chi connectivity index (χ0) is 64.6. The molecule has 0 N–H and O–H groups in total. The molecule has 0 saturated carbocycles. The second-order valence-corrected chi connectivity index (χ2v) is 25.0. The summed E-state index contributed by atoms with van der Waals surface area (Å²) >= 11 is 0. The topological polar surface area (TPSA) is 12.5 Å². The molecule has 9 aromatic rings. The Morgan fingerprint density at radius 3 is 0.883 bits per heavy atom. The van der Waals surface area contributed by atoms with Crippen LogP contribution in [0, 0.1) is 0 Å². The highest BCUT2D eigenvalue weighted by atomic mass is 19.4. The van der Waals surface area contributed by atoms with Crippen molar-refractivity contribution in [3.63, 3.8) is 0 Å². The van der Waals surface area contributed by atoms with E-state index in [2.05, 4.69) is 340 Å². The minimum Gasteiger partial charge on any atom is -1.00 e. The van der Waals surface area contributed by atoms with Gasteiger partial charge in [-0.25, -0.2) is 0 Å². The normalized spacial score (nSPS) is 18.6. The third kappa shape index (κ3) is 13.9. The van der Waals surface area contributed by atoms with Crippen LogP contribution in [0.3, 0.4) is 0 Å². The molecule has 4 aliphatic heterocycles. The van der Waals surface area contributed by atoms with Gasteiger partial charge in [-0.05, 0) is 121 Å². The fourth-order valence-corrected chi connectivity index (χ4v) is 15.5. The third-order valence-corrected chi connectivity index (χ3v) is 19.4. The molecule has 0 bridgehead atoms. The van der Waals surface area contributed by atoms with Crippen LogP contribution in [0.1, 0.15) is 69.5 Å². The van der Waals surface area contributed by atoms with Gasteiger partial charge in [-0.3, -0.25) is 25.9 Å². The maximum absolute atomic E-state index is 9.67. The third-order valence-electron chi connectivity index (χ3n) is 19.4. The van der Waals surface area contributed by atoms with Gasteiger partial charge in [0.15, 0.2) is 11.4 Å². The van der Waals surface area contributed by atoms with Crippen molar-refractivity contribution in [2.45, 2.75) is 74.0 Å². The number of allylic oxidation sites excluding steroid dienone is 8. The lowest BCUT2D eigenvalue weighted by Gasteiger charge is -2.33. The van der Waals surface area contributed by atoms with Crippen LogP contribution in [-0.2, 0) is 60.2 Å². The van der Waals surface area contributed by atoms with E-state index in [-0.39, 0.29) is 31.1 Å². The second kappa shape index (κ2) is 29.6. The number of anilines is 2. The van der Waals surface area contributed by atoms with Gasteiger partial charge in [0.2, 0.25) is 11.4 Å². The molecule has 0 aliphatic carbocycles. The van der Waals surface area contributed by atoms with Crippen molar-refractivity contribution in [3.05, 3.63) is 346 Å². The van der Waals surface area contributed by atoms with E-state index in [0.29, 0.717) is 0 Å². The van der Waals surface area contributed by atoms with Crippen molar-refractivity contribution < 1.29 is 44.5 Å². The van der Waals surface area contributed by atoms with Crippen LogP contribution in [-0.4, -0.2) is 63.9 Å². The van der Waals surface area contributed by atoms with Crippen LogP contribution in [0.5, 0.6) is 0 Å². The molecule has 4 heterocycles. The first-order chi connectivity index (χ1) is 44.5. The summed E-state index contributed by atoms with van der Waals surface area (Å²) in [5.74, 6) is 0. The van der Waals surface area contributed by atoms with E-state index < -0.39 is 15.1 Å². The van der Waals surface area contributed by atoms with Crippen LogP contribution < -0.4 is 19.2 Å². The fraction of sp³-hybridized carbons (Fsp3) is 0.200. The molecule has 0 aromatic heterocycles. The van der Waals surface area contributed by atoms with Gasteiger partial charge in [-0.2, -0.15) is 9.15 Å². The summed E-state index contributed by atoms with van der Waals surface area (Å²) in [6, 6.07) is 90.0. The predicted octanol–water partition coefficient (Wildman–Crippen LogP) is 12.5. The lowest BCUT2D eigenvalue weighted by atomic mass is 9.70. The molecule has 94 heavy (non-hydrogen) atoms. The van der Waals surface area contributed by atoms with Crippen LogP contribution in [0.4, 0.5) is 48.6 Å². The van der Waals surface area contributed by atoms with E-state index in [0.717, 1.165) is 38.5 Å². The van der Waals surface area contributed by atoms with E-state index in [1.165, 1.54) is 101 Å². The SMILES string of the molecule is CN1/C(=C/C=C/C2=[N+](C)c3ccccc3C2(C)Cc2ccc(CC3(C)C(/C=C/C=C4/N(C)c5ccccc5C4(Cc4ccccc4)Cc4ccccc4)=[N+](C)c4ccccc43)cc2)C(Cc2ccccc2)(Cc2ccccc2)c2ccccc21.FB(F)F.FB(F)F.[F-].[F-]. The number of likely N-dealkylation sites (N-methyl/N-ethyl adjacent to an activating group) is 2. The van der Waals surface area contributed by atoms with Gasteiger partial charge < -0.3 is 19.2 Å². The molecule has 9 aromatic carbocycles. The van der Waals surface area contributed by atoms with Crippen molar-refractivity contribution in [2.24, 2.45) is 0 Å². The summed E-state index contributed by atoms with van der Waals surface area (Å²) in [6.45, 7) is 4.90. The van der Waals surface area contributed by atoms with Crippen molar-refractivity contribution in [3.8, 4) is 0 Å². The summed E-state index contributed by atoms with van der Waals surface area (Å²) in [6.07, 6.45) is 19.7. The minimum absolute atomic E-state index is 0. The van der Waals surface area contributed by atoms with Gasteiger partial charge in [0.1, 0.15) is 14.1 Å². The Morgan fingerprint density at radius 2 is 0.585 bits per heavy atom. The number of nitrogens with zero attached hydrogens (tertiary/aromatic N) is 4. The lowest BCUT2D eigenvalue weighted by Crippen LogP contribution is -3.00. The van der Waals surface area contributed by atoms with E-state index >= 15 is 0 Å². The molecule has 2 unspecified atom stereocenters. The molecule has 4 nitrogen and oxygen atoms in total. The Kier molecular flexibility index (Phi) is 21.7. The molecule has 4 aliphatic rings. The van der Waals surface area contributed by atoms with Gasteiger partial charge in [-0.1, -0.05) is 231 Å². The van der Waals surface area contributed by atoms with Gasteiger partial charge in [-0.15, -0.1) is 0 Å². The number of hydrogen-bond donors (Lipinski definition) is 0. The molecule has 0 radical (unpaired) electrons. The molecule has 0 spiro atoms. The molecule has 0 fully saturated rings. The average molecular weight is 1270 g/mol. The summed E-state index contributed by atoms with van der Waals surface area (Å²) in [4.78, 5) is 4.89. The van der Waals surface area contributed by atoms with Gasteiger partial charge in [0, 0.05) is 83.1 Å². The van der Waals surface area contributed by atoms with E-state index in [1.807, 2.05) is 0 Å². The molecule has 0 amide bonds. The van der Waals surface area contributed by atoms with E-state index in [1.54, 1.807) is 0 Å². The first-order valence-electron chi connectivity index (χ1n) is 31.4. The molecule has 0 saturated heterocycles. The largest absolute Gasteiger partial charge is 1.00 e. The molecular weight excluding hydrogens is 1190 g/mol. The summed E-state index contributed by atoms with van der Waals surface area (Å²) < 4.78 is 62.9. The second-order valence-electron chi connectivity index (χ2n) is 25.0. The molecule has 2 atom stereocenters. The summed E-state index contributed by atoms with van der Waals surface area (Å²) in [5, 5.41) is 0. The lowest BCUT2D eigenvalue weighted by molar-refractivity contribution is -0.401. The Labute approximate surface area is 549 Å². The minimum atomic E-state index is -3.67. The highest BCUT2D eigenvalue weighted by Crippen LogP contribution is 2.53. The smallest absolute Gasteiger partial charge is 0.762 e. The number of benzene rings is 9. The number of rotatable bonds is 16. The molecule has 14 heteroatoms. The number of fused-ring (bicyclic) bond motifs is 4. The average Bonchev–Trinajstić information content (AvgIpc) is 1.59. The quantitative estimate of drug-likeness (QED) is 0.0543. The standard InChI is InChI=1S/C80H76N4.2BF3.2FH/c1-77(65-37-19-23-41-69(65)81(3)73(77)45-27-47-75-79(55-59-29-11-7-12-30-59,56-60-31-13-8-14-32-60)67-39-21-25-43-71(67)83(75)5)53-63-49-51-64(52-50-63)54-78(2)66-38-20-24-42-70(66)82(4)74(78)46-28-48-76-80(57-61-33-15-9-16-34-61,58-62-35-17-10-18-36-62)68-40-22-26-44-72(68)84(76)6;2*2-1(3)4;;/h7-52H,53-58H2,1-6H3;;;2*1H/q+2;;;;/p-2. The van der Waals surface area contributed by atoms with E-state index in [4.69, 9.17) is 0 Å². The van der Waals surface area contributed by atoms with Crippen molar-refractivity contribution in [2.75, 3.05) is 38.0 Å². The maximum Gasteiger partial charge on any atom is 0.762 e.